The first kappa shape index (κ1) is 21.1. The molecule has 2 aromatic rings. The molecule has 1 aromatic heterocycles. The van der Waals surface area contributed by atoms with Gasteiger partial charge in [0.05, 0.1) is 42.1 Å². The summed E-state index contributed by atoms with van der Waals surface area (Å²) in [5.41, 5.74) is 3.26. The fraction of sp³-hybridized carbons (Fsp3) is 0.458. The number of likely N-dealkylation sites (tertiary alicyclic amines) is 1. The van der Waals surface area contributed by atoms with Gasteiger partial charge in [-0.15, -0.1) is 0 Å². The van der Waals surface area contributed by atoms with Crippen molar-refractivity contribution in [3.8, 4) is 6.07 Å². The molecule has 2 unspecified atom stereocenters. The molecule has 1 fully saturated rings. The summed E-state index contributed by atoms with van der Waals surface area (Å²) in [5, 5.41) is 12.3. The minimum atomic E-state index is -0.225. The van der Waals surface area contributed by atoms with Gasteiger partial charge in [-0.25, -0.2) is 0 Å². The number of carbonyl (C=O) groups is 2. The number of carbonyl (C=O) groups excluding carboxylic acids is 2. The second-order valence-electron chi connectivity index (χ2n) is 8.26. The van der Waals surface area contributed by atoms with Gasteiger partial charge in [0, 0.05) is 19.1 Å². The van der Waals surface area contributed by atoms with Crippen molar-refractivity contribution in [2.75, 3.05) is 13.2 Å². The van der Waals surface area contributed by atoms with Gasteiger partial charge >= 0.3 is 0 Å². The number of rotatable bonds is 5. The second kappa shape index (κ2) is 8.94. The maximum absolute atomic E-state index is 13.3. The molecule has 1 N–H and O–H groups in total. The number of hydrogen-bond acceptors (Lipinski definition) is 4. The van der Waals surface area contributed by atoms with Gasteiger partial charge in [0.25, 0.3) is 11.8 Å². The summed E-state index contributed by atoms with van der Waals surface area (Å²) in [7, 11) is 0. The third kappa shape index (κ3) is 4.08. The van der Waals surface area contributed by atoms with Crippen LogP contribution in [0.5, 0.6) is 0 Å². The van der Waals surface area contributed by atoms with Gasteiger partial charge in [-0.3, -0.25) is 9.59 Å². The number of nitrogens with one attached hydrogen (secondary N) is 1. The lowest BCUT2D eigenvalue weighted by molar-refractivity contribution is 0.0683. The lowest BCUT2D eigenvalue weighted by atomic mass is 10.0. The highest BCUT2D eigenvalue weighted by molar-refractivity contribution is 6.01. The Morgan fingerprint density at radius 3 is 2.87 bits per heavy atom. The van der Waals surface area contributed by atoms with Crippen molar-refractivity contribution in [3.63, 3.8) is 0 Å². The van der Waals surface area contributed by atoms with Crippen LogP contribution in [-0.4, -0.2) is 40.5 Å². The molecule has 0 spiro atoms. The summed E-state index contributed by atoms with van der Waals surface area (Å²) in [6, 6.07) is 11.1. The fourth-order valence-electron chi connectivity index (χ4n) is 4.56. The number of aromatic nitrogens is 1. The van der Waals surface area contributed by atoms with Gasteiger partial charge in [-0.05, 0) is 49.9 Å². The van der Waals surface area contributed by atoms with Crippen LogP contribution in [0.1, 0.15) is 76.8 Å². The summed E-state index contributed by atoms with van der Waals surface area (Å²) in [4.78, 5) is 28.4. The van der Waals surface area contributed by atoms with Gasteiger partial charge in [0.2, 0.25) is 0 Å². The van der Waals surface area contributed by atoms with Crippen LogP contribution in [0.3, 0.4) is 0 Å². The molecule has 2 amide bonds. The van der Waals surface area contributed by atoms with Crippen LogP contribution in [0.25, 0.3) is 0 Å². The Balaban J connectivity index is 1.62. The Labute approximate surface area is 182 Å². The molecule has 162 valence electrons. The number of fused-ring (bicyclic) bond motifs is 1. The minimum Gasteiger partial charge on any atom is -0.373 e. The number of benzene rings is 1. The van der Waals surface area contributed by atoms with E-state index in [0.717, 1.165) is 30.6 Å². The maximum atomic E-state index is 13.3. The molecular weight excluding hydrogens is 392 g/mol. The van der Waals surface area contributed by atoms with E-state index in [1.54, 1.807) is 18.2 Å². The van der Waals surface area contributed by atoms with Gasteiger partial charge in [0.1, 0.15) is 5.69 Å². The minimum absolute atomic E-state index is 0.0130. The van der Waals surface area contributed by atoms with Gasteiger partial charge in [-0.2, -0.15) is 5.26 Å². The fourth-order valence-corrected chi connectivity index (χ4v) is 4.56. The van der Waals surface area contributed by atoms with Gasteiger partial charge in [0.15, 0.2) is 0 Å². The highest BCUT2D eigenvalue weighted by atomic mass is 16.5. The predicted octanol–water partition coefficient (Wildman–Crippen LogP) is 3.40. The summed E-state index contributed by atoms with van der Waals surface area (Å²) < 4.78 is 7.56. The third-order valence-electron chi connectivity index (χ3n) is 6.32. The lowest BCUT2D eigenvalue weighted by Crippen LogP contribution is -2.35. The predicted molar refractivity (Wildman–Crippen MR) is 115 cm³/mol. The molecule has 2 aliphatic rings. The van der Waals surface area contributed by atoms with Gasteiger partial charge < -0.3 is 19.5 Å². The molecule has 0 bridgehead atoms. The largest absolute Gasteiger partial charge is 0.373 e. The Bertz CT molecular complexity index is 1040. The highest BCUT2D eigenvalue weighted by Crippen LogP contribution is 2.26. The maximum Gasteiger partial charge on any atom is 0.270 e. The first-order chi connectivity index (χ1) is 15.0. The van der Waals surface area contributed by atoms with E-state index in [1.807, 2.05) is 28.5 Å². The SMILES string of the molecule is CCC(NC(=O)c1cc(C(=O)N2CCCC2C)n2c1COCC2)c1cccc(C#N)c1. The van der Waals surface area contributed by atoms with E-state index in [4.69, 9.17) is 4.74 Å². The third-order valence-corrected chi connectivity index (χ3v) is 6.32. The molecular formula is C24H28N4O3. The second-order valence-corrected chi connectivity index (χ2v) is 8.26. The first-order valence-electron chi connectivity index (χ1n) is 11.0. The van der Waals surface area contributed by atoms with E-state index in [1.165, 1.54) is 0 Å². The number of nitrogens with zero attached hydrogens (tertiary/aromatic N) is 3. The summed E-state index contributed by atoms with van der Waals surface area (Å²) in [5.74, 6) is -0.238. The van der Waals surface area contributed by atoms with Crippen LogP contribution in [-0.2, 0) is 17.9 Å². The molecule has 2 atom stereocenters. The van der Waals surface area contributed by atoms with Crippen molar-refractivity contribution in [3.05, 3.63) is 58.4 Å². The van der Waals surface area contributed by atoms with E-state index < -0.39 is 0 Å². The smallest absolute Gasteiger partial charge is 0.270 e. The topological polar surface area (TPSA) is 87.4 Å². The van der Waals surface area contributed by atoms with E-state index in [2.05, 4.69) is 18.3 Å². The Hall–Kier alpha value is -3.11. The van der Waals surface area contributed by atoms with Crippen molar-refractivity contribution < 1.29 is 14.3 Å². The standard InChI is InChI=1S/C24H28N4O3/c1-3-20(18-8-4-7-17(12-18)14-25)26-23(29)19-13-21(28-10-11-31-15-22(19)28)24(30)27-9-5-6-16(27)2/h4,7-8,12-13,16,20H,3,5-6,9-11,15H2,1-2H3,(H,26,29). The average molecular weight is 421 g/mol. The summed E-state index contributed by atoms with van der Waals surface area (Å²) in [6.45, 7) is 6.22. The molecule has 31 heavy (non-hydrogen) atoms. The van der Waals surface area contributed by atoms with Crippen molar-refractivity contribution in [1.29, 1.82) is 5.26 Å². The molecule has 4 rings (SSSR count). The molecule has 0 radical (unpaired) electrons. The molecule has 7 nitrogen and oxygen atoms in total. The average Bonchev–Trinajstić information content (AvgIpc) is 3.40. The summed E-state index contributed by atoms with van der Waals surface area (Å²) >= 11 is 0. The number of amides is 2. The van der Waals surface area contributed by atoms with Crippen molar-refractivity contribution in [2.24, 2.45) is 0 Å². The van der Waals surface area contributed by atoms with Crippen LogP contribution >= 0.6 is 0 Å². The Morgan fingerprint density at radius 2 is 2.16 bits per heavy atom. The van der Waals surface area contributed by atoms with Crippen LogP contribution < -0.4 is 5.32 Å². The molecule has 7 heteroatoms. The number of ether oxygens (including phenoxy) is 1. The zero-order chi connectivity index (χ0) is 22.0. The molecule has 0 saturated carbocycles. The van der Waals surface area contributed by atoms with E-state index in [0.29, 0.717) is 43.0 Å². The molecule has 1 aromatic carbocycles. The summed E-state index contributed by atoms with van der Waals surface area (Å²) in [6.07, 6.45) is 2.71. The molecule has 3 heterocycles. The van der Waals surface area contributed by atoms with E-state index >= 15 is 0 Å². The zero-order valence-electron chi connectivity index (χ0n) is 18.1. The van der Waals surface area contributed by atoms with E-state index in [-0.39, 0.29) is 23.9 Å². The number of nitriles is 1. The van der Waals surface area contributed by atoms with Crippen LogP contribution in [0, 0.1) is 11.3 Å². The molecule has 0 aliphatic carbocycles. The normalized spacial score (nSPS) is 18.9. The van der Waals surface area contributed by atoms with Crippen LogP contribution in [0.4, 0.5) is 0 Å². The lowest BCUT2D eigenvalue weighted by Gasteiger charge is -2.24. The first-order valence-corrected chi connectivity index (χ1v) is 11.0. The van der Waals surface area contributed by atoms with E-state index in [9.17, 15) is 14.9 Å². The highest BCUT2D eigenvalue weighted by Gasteiger charge is 2.32. The Kier molecular flexibility index (Phi) is 6.10. The van der Waals surface area contributed by atoms with Crippen molar-refractivity contribution in [1.82, 2.24) is 14.8 Å². The van der Waals surface area contributed by atoms with Gasteiger partial charge in [-0.1, -0.05) is 19.1 Å². The van der Waals surface area contributed by atoms with Crippen LogP contribution in [0.2, 0.25) is 0 Å². The molecule has 2 aliphatic heterocycles. The Morgan fingerprint density at radius 1 is 1.32 bits per heavy atom. The molecule has 1 saturated heterocycles. The number of hydrogen-bond donors (Lipinski definition) is 1. The van der Waals surface area contributed by atoms with Crippen molar-refractivity contribution in [2.45, 2.75) is 58.3 Å². The van der Waals surface area contributed by atoms with Crippen molar-refractivity contribution >= 4 is 11.8 Å². The quantitative estimate of drug-likeness (QED) is 0.803. The zero-order valence-corrected chi connectivity index (χ0v) is 18.1. The monoisotopic (exact) mass is 420 g/mol. The van der Waals surface area contributed by atoms with Crippen LogP contribution in [0.15, 0.2) is 30.3 Å².